The maximum atomic E-state index is 12.4. The van der Waals surface area contributed by atoms with E-state index in [9.17, 15) is 14.4 Å². The Balaban J connectivity index is 1.50. The third-order valence-corrected chi connectivity index (χ3v) is 4.53. The predicted molar refractivity (Wildman–Crippen MR) is 101 cm³/mol. The number of benzene rings is 1. The molecule has 3 amide bonds. The van der Waals surface area contributed by atoms with Crippen LogP contribution in [0.3, 0.4) is 0 Å². The Hall–Kier alpha value is -3.22. The molecule has 2 heterocycles. The third kappa shape index (κ3) is 5.13. The number of carbonyl (C=O) groups is 3. The summed E-state index contributed by atoms with van der Waals surface area (Å²) in [7, 11) is 0. The first kappa shape index (κ1) is 18.6. The normalized spacial score (nSPS) is 16.4. The molecule has 1 saturated heterocycles. The molecule has 0 aliphatic carbocycles. The zero-order valence-corrected chi connectivity index (χ0v) is 14.9. The fourth-order valence-corrected chi connectivity index (χ4v) is 3.06. The summed E-state index contributed by atoms with van der Waals surface area (Å²) in [5.74, 6) is -0.832. The third-order valence-electron chi connectivity index (χ3n) is 4.53. The zero-order chi connectivity index (χ0) is 19.1. The van der Waals surface area contributed by atoms with Gasteiger partial charge in [0.25, 0.3) is 5.91 Å². The Morgan fingerprint density at radius 3 is 2.56 bits per heavy atom. The molecule has 27 heavy (non-hydrogen) atoms. The van der Waals surface area contributed by atoms with Crippen LogP contribution < -0.4 is 10.6 Å². The summed E-state index contributed by atoms with van der Waals surface area (Å²) < 4.78 is 0. The van der Waals surface area contributed by atoms with Gasteiger partial charge in [0.1, 0.15) is 0 Å². The molecule has 7 nitrogen and oxygen atoms in total. The van der Waals surface area contributed by atoms with Crippen LogP contribution >= 0.6 is 0 Å². The van der Waals surface area contributed by atoms with Crippen LogP contribution in [0.4, 0.5) is 5.69 Å². The smallest absolute Gasteiger partial charge is 0.251 e. The van der Waals surface area contributed by atoms with E-state index in [0.29, 0.717) is 24.3 Å². The van der Waals surface area contributed by atoms with Crippen molar-refractivity contribution in [2.24, 2.45) is 5.92 Å². The molecule has 0 bridgehead atoms. The maximum absolute atomic E-state index is 12.4. The zero-order valence-electron chi connectivity index (χ0n) is 14.9. The lowest BCUT2D eigenvalue weighted by atomic mass is 9.97. The second kappa shape index (κ2) is 8.93. The average molecular weight is 366 g/mol. The van der Waals surface area contributed by atoms with Crippen molar-refractivity contribution < 1.29 is 14.4 Å². The van der Waals surface area contributed by atoms with Gasteiger partial charge in [0.2, 0.25) is 11.8 Å². The van der Waals surface area contributed by atoms with Crippen molar-refractivity contribution >= 4 is 23.4 Å². The van der Waals surface area contributed by atoms with E-state index in [1.165, 1.54) is 0 Å². The highest BCUT2D eigenvalue weighted by Gasteiger charge is 2.28. The van der Waals surface area contributed by atoms with Gasteiger partial charge >= 0.3 is 0 Å². The first-order valence-electron chi connectivity index (χ1n) is 8.95. The number of amides is 3. The fourth-order valence-electron chi connectivity index (χ4n) is 3.06. The van der Waals surface area contributed by atoms with E-state index in [2.05, 4.69) is 15.6 Å². The van der Waals surface area contributed by atoms with Crippen molar-refractivity contribution in [2.75, 3.05) is 25.0 Å². The fraction of sp³-hybridized carbons (Fsp3) is 0.300. The molecule has 0 radical (unpaired) electrons. The van der Waals surface area contributed by atoms with E-state index < -0.39 is 0 Å². The van der Waals surface area contributed by atoms with Crippen molar-refractivity contribution in [2.45, 2.75) is 12.8 Å². The molecule has 7 heteroatoms. The molecule has 0 saturated carbocycles. The van der Waals surface area contributed by atoms with Crippen molar-refractivity contribution in [3.05, 3.63) is 60.4 Å². The predicted octanol–water partition coefficient (Wildman–Crippen LogP) is 1.69. The molecular weight excluding hydrogens is 344 g/mol. The minimum atomic E-state index is -0.284. The van der Waals surface area contributed by atoms with Gasteiger partial charge in [-0.15, -0.1) is 0 Å². The highest BCUT2D eigenvalue weighted by atomic mass is 16.2. The monoisotopic (exact) mass is 366 g/mol. The van der Waals surface area contributed by atoms with E-state index in [1.807, 2.05) is 6.07 Å². The summed E-state index contributed by atoms with van der Waals surface area (Å²) in [5.41, 5.74) is 1.20. The molecule has 0 spiro atoms. The van der Waals surface area contributed by atoms with Gasteiger partial charge in [-0.2, -0.15) is 0 Å². The summed E-state index contributed by atoms with van der Waals surface area (Å²) in [6, 6.07) is 12.2. The van der Waals surface area contributed by atoms with Crippen LogP contribution in [0, 0.1) is 5.92 Å². The molecule has 2 N–H and O–H groups in total. The lowest BCUT2D eigenvalue weighted by Crippen LogP contribution is -2.47. The summed E-state index contributed by atoms with van der Waals surface area (Å²) in [5, 5.41) is 5.50. The number of likely N-dealkylation sites (tertiary alicyclic amines) is 1. The van der Waals surface area contributed by atoms with E-state index >= 15 is 0 Å². The standard InChI is InChI=1S/C20H22N4O3/c25-18(13-22-19(26)15-5-2-1-3-6-15)24-12-4-7-16(14-24)20(27)23-17-8-10-21-11-9-17/h1-3,5-6,8-11,16H,4,7,12-14H2,(H,22,26)(H,21,23,27). The summed E-state index contributed by atoms with van der Waals surface area (Å²) in [6.45, 7) is 0.877. The van der Waals surface area contributed by atoms with E-state index in [1.54, 1.807) is 53.7 Å². The molecule has 1 aromatic heterocycles. The van der Waals surface area contributed by atoms with Crippen LogP contribution in [-0.2, 0) is 9.59 Å². The Morgan fingerprint density at radius 1 is 1.07 bits per heavy atom. The van der Waals surface area contributed by atoms with Crippen molar-refractivity contribution in [3.63, 3.8) is 0 Å². The van der Waals surface area contributed by atoms with E-state index in [0.717, 1.165) is 12.8 Å². The van der Waals surface area contributed by atoms with Crippen LogP contribution in [0.25, 0.3) is 0 Å². The largest absolute Gasteiger partial charge is 0.343 e. The molecule has 2 aromatic rings. The van der Waals surface area contributed by atoms with Gasteiger partial charge in [0.05, 0.1) is 12.5 Å². The Morgan fingerprint density at radius 2 is 1.81 bits per heavy atom. The molecule has 1 unspecified atom stereocenters. The number of carbonyl (C=O) groups excluding carboxylic acids is 3. The van der Waals surface area contributed by atoms with Gasteiger partial charge in [-0.05, 0) is 37.1 Å². The summed E-state index contributed by atoms with van der Waals surface area (Å²) in [4.78, 5) is 42.5. The van der Waals surface area contributed by atoms with Gasteiger partial charge in [0.15, 0.2) is 0 Å². The van der Waals surface area contributed by atoms with Gasteiger partial charge in [-0.1, -0.05) is 18.2 Å². The second-order valence-electron chi connectivity index (χ2n) is 6.45. The molecule has 1 aliphatic heterocycles. The minimum Gasteiger partial charge on any atom is -0.343 e. The highest BCUT2D eigenvalue weighted by Crippen LogP contribution is 2.18. The van der Waals surface area contributed by atoms with Gasteiger partial charge < -0.3 is 15.5 Å². The quantitative estimate of drug-likeness (QED) is 0.842. The molecular formula is C20H22N4O3. The molecule has 1 fully saturated rings. The lowest BCUT2D eigenvalue weighted by Gasteiger charge is -2.32. The summed E-state index contributed by atoms with van der Waals surface area (Å²) >= 11 is 0. The first-order chi connectivity index (χ1) is 13.1. The highest BCUT2D eigenvalue weighted by molar-refractivity contribution is 5.96. The van der Waals surface area contributed by atoms with Crippen molar-refractivity contribution in [3.8, 4) is 0 Å². The topological polar surface area (TPSA) is 91.4 Å². The number of nitrogens with zero attached hydrogens (tertiary/aromatic N) is 2. The van der Waals surface area contributed by atoms with Crippen LogP contribution in [-0.4, -0.2) is 47.2 Å². The number of hydrogen-bond donors (Lipinski definition) is 2. The van der Waals surface area contributed by atoms with Gasteiger partial charge in [-0.3, -0.25) is 19.4 Å². The molecule has 3 rings (SSSR count). The number of hydrogen-bond acceptors (Lipinski definition) is 4. The SMILES string of the molecule is O=C(NCC(=O)N1CCCC(C(=O)Nc2ccncc2)C1)c1ccccc1. The minimum absolute atomic E-state index is 0.0770. The number of anilines is 1. The molecule has 140 valence electrons. The Kier molecular flexibility index (Phi) is 6.14. The van der Waals surface area contributed by atoms with Crippen LogP contribution in [0.1, 0.15) is 23.2 Å². The Bertz CT molecular complexity index is 795. The summed E-state index contributed by atoms with van der Waals surface area (Å²) in [6.07, 6.45) is 4.72. The van der Waals surface area contributed by atoms with Crippen LogP contribution in [0.15, 0.2) is 54.9 Å². The van der Waals surface area contributed by atoms with Crippen molar-refractivity contribution in [1.29, 1.82) is 0 Å². The van der Waals surface area contributed by atoms with E-state index in [4.69, 9.17) is 0 Å². The molecule has 1 aromatic carbocycles. The molecule has 1 aliphatic rings. The average Bonchev–Trinajstić information content (AvgIpc) is 2.73. The lowest BCUT2D eigenvalue weighted by molar-refractivity contribution is -0.133. The van der Waals surface area contributed by atoms with Crippen LogP contribution in [0.5, 0.6) is 0 Å². The maximum Gasteiger partial charge on any atom is 0.251 e. The van der Waals surface area contributed by atoms with E-state index in [-0.39, 0.29) is 30.2 Å². The number of aromatic nitrogens is 1. The molecule has 1 atom stereocenters. The second-order valence-corrected chi connectivity index (χ2v) is 6.45. The van der Waals surface area contributed by atoms with Crippen molar-refractivity contribution in [1.82, 2.24) is 15.2 Å². The first-order valence-corrected chi connectivity index (χ1v) is 8.95. The number of piperidine rings is 1. The van der Waals surface area contributed by atoms with Gasteiger partial charge in [0, 0.05) is 36.7 Å². The number of pyridine rings is 1. The number of nitrogens with one attached hydrogen (secondary N) is 2. The van der Waals surface area contributed by atoms with Gasteiger partial charge in [-0.25, -0.2) is 0 Å². The number of rotatable bonds is 5. The van der Waals surface area contributed by atoms with Crippen LogP contribution in [0.2, 0.25) is 0 Å². The Labute approximate surface area is 157 Å².